The van der Waals surface area contributed by atoms with Gasteiger partial charge in [0.2, 0.25) is 0 Å². The van der Waals surface area contributed by atoms with Crippen LogP contribution in [0.4, 0.5) is 0 Å². The lowest BCUT2D eigenvalue weighted by Gasteiger charge is -2.53. The summed E-state index contributed by atoms with van der Waals surface area (Å²) in [7, 11) is 0. The van der Waals surface area contributed by atoms with Gasteiger partial charge < -0.3 is 14.6 Å². The third kappa shape index (κ3) is 2.70. The summed E-state index contributed by atoms with van der Waals surface area (Å²) in [5, 5.41) is 9.05. The van der Waals surface area contributed by atoms with Crippen molar-refractivity contribution in [2.75, 3.05) is 19.6 Å². The maximum atomic E-state index is 11.0. The summed E-state index contributed by atoms with van der Waals surface area (Å²) in [6, 6.07) is 8.19. The molecule has 2 fully saturated rings. The molecule has 0 unspecified atom stereocenters. The summed E-state index contributed by atoms with van der Waals surface area (Å²) >= 11 is 0. The molecule has 0 amide bonds. The van der Waals surface area contributed by atoms with Crippen molar-refractivity contribution in [2.45, 2.75) is 44.5 Å². The molecule has 2 saturated heterocycles. The maximum absolute atomic E-state index is 11.0. The summed E-state index contributed by atoms with van der Waals surface area (Å²) in [6.45, 7) is 6.01. The second-order valence-corrected chi connectivity index (χ2v) is 7.86. The van der Waals surface area contributed by atoms with Crippen LogP contribution in [0, 0.1) is 11.8 Å². The van der Waals surface area contributed by atoms with Gasteiger partial charge in [-0.1, -0.05) is 18.2 Å². The highest BCUT2D eigenvalue weighted by Crippen LogP contribution is 2.52. The van der Waals surface area contributed by atoms with Gasteiger partial charge in [0.05, 0.1) is 18.8 Å². The van der Waals surface area contributed by atoms with Gasteiger partial charge in [-0.05, 0) is 38.7 Å². The number of carboxylic acid groups (broad SMARTS) is 1. The molecule has 0 bridgehead atoms. The van der Waals surface area contributed by atoms with E-state index in [1.807, 2.05) is 23.1 Å². The van der Waals surface area contributed by atoms with E-state index in [2.05, 4.69) is 19.9 Å². The molecular weight excluding hydrogens is 306 g/mol. The molecule has 3 heterocycles. The fourth-order valence-corrected chi connectivity index (χ4v) is 4.67. The third-order valence-electron chi connectivity index (χ3n) is 5.84. The van der Waals surface area contributed by atoms with Crippen molar-refractivity contribution in [3.63, 3.8) is 0 Å². The van der Waals surface area contributed by atoms with Crippen molar-refractivity contribution in [1.29, 1.82) is 0 Å². The maximum Gasteiger partial charge on any atom is 0.317 e. The molecule has 0 saturated carbocycles. The molecule has 4 rings (SSSR count). The SMILES string of the molecule is CC1(C)Oc2ccccc2[C@H]2O[C@H]3CCN(CC(=O)O)C[C@H]3C[C@@H]21. The number of ether oxygens (including phenoxy) is 2. The van der Waals surface area contributed by atoms with Crippen LogP contribution in [-0.2, 0) is 9.53 Å². The van der Waals surface area contributed by atoms with Crippen LogP contribution in [-0.4, -0.2) is 47.3 Å². The van der Waals surface area contributed by atoms with Crippen molar-refractivity contribution in [1.82, 2.24) is 4.90 Å². The van der Waals surface area contributed by atoms with E-state index >= 15 is 0 Å². The number of para-hydroxylation sites is 1. The van der Waals surface area contributed by atoms with Crippen molar-refractivity contribution < 1.29 is 19.4 Å². The number of aliphatic carboxylic acids is 1. The van der Waals surface area contributed by atoms with Crippen LogP contribution in [0.5, 0.6) is 5.75 Å². The number of hydrogen-bond donors (Lipinski definition) is 1. The molecule has 4 atom stereocenters. The van der Waals surface area contributed by atoms with Crippen molar-refractivity contribution in [3.05, 3.63) is 29.8 Å². The van der Waals surface area contributed by atoms with Gasteiger partial charge in [0.15, 0.2) is 0 Å². The van der Waals surface area contributed by atoms with Gasteiger partial charge in [-0.25, -0.2) is 0 Å². The first-order chi connectivity index (χ1) is 11.4. The summed E-state index contributed by atoms with van der Waals surface area (Å²) in [6.07, 6.45) is 2.23. The molecule has 3 aliphatic heterocycles. The fourth-order valence-electron chi connectivity index (χ4n) is 4.67. The zero-order valence-electron chi connectivity index (χ0n) is 14.3. The number of rotatable bonds is 2. The Morgan fingerprint density at radius 3 is 2.96 bits per heavy atom. The number of benzene rings is 1. The Morgan fingerprint density at radius 2 is 2.17 bits per heavy atom. The van der Waals surface area contributed by atoms with Crippen molar-refractivity contribution in [3.8, 4) is 5.75 Å². The zero-order chi connectivity index (χ0) is 16.9. The number of carbonyl (C=O) groups is 1. The van der Waals surface area contributed by atoms with Crippen LogP contribution in [0.25, 0.3) is 0 Å². The van der Waals surface area contributed by atoms with E-state index in [4.69, 9.17) is 14.6 Å². The highest BCUT2D eigenvalue weighted by Gasteiger charge is 2.51. The molecule has 5 nitrogen and oxygen atoms in total. The van der Waals surface area contributed by atoms with Gasteiger partial charge in [0.1, 0.15) is 11.4 Å². The first-order valence-corrected chi connectivity index (χ1v) is 8.81. The number of nitrogens with zero attached hydrogens (tertiary/aromatic N) is 1. The predicted octanol–water partition coefficient (Wildman–Crippen LogP) is 2.71. The first kappa shape index (κ1) is 15.9. The molecule has 1 N–H and O–H groups in total. The van der Waals surface area contributed by atoms with Crippen LogP contribution < -0.4 is 4.74 Å². The largest absolute Gasteiger partial charge is 0.487 e. The molecule has 0 aromatic heterocycles. The van der Waals surface area contributed by atoms with Crippen LogP contribution in [0.1, 0.15) is 38.4 Å². The Kier molecular flexibility index (Phi) is 3.81. The molecule has 0 aliphatic carbocycles. The van der Waals surface area contributed by atoms with Crippen LogP contribution in [0.3, 0.4) is 0 Å². The normalized spacial score (nSPS) is 34.4. The zero-order valence-corrected chi connectivity index (χ0v) is 14.3. The van der Waals surface area contributed by atoms with Gasteiger partial charge in [0, 0.05) is 24.6 Å². The topological polar surface area (TPSA) is 59.0 Å². The van der Waals surface area contributed by atoms with Crippen LogP contribution in [0.2, 0.25) is 0 Å². The second kappa shape index (κ2) is 5.74. The molecule has 0 radical (unpaired) electrons. The molecule has 0 spiro atoms. The second-order valence-electron chi connectivity index (χ2n) is 7.86. The lowest BCUT2D eigenvalue weighted by atomic mass is 9.70. The van der Waals surface area contributed by atoms with E-state index in [0.29, 0.717) is 11.8 Å². The third-order valence-corrected chi connectivity index (χ3v) is 5.84. The van der Waals surface area contributed by atoms with Crippen molar-refractivity contribution in [2.24, 2.45) is 11.8 Å². The number of fused-ring (bicyclic) bond motifs is 4. The van der Waals surface area contributed by atoms with E-state index < -0.39 is 5.97 Å². The average Bonchev–Trinajstić information content (AvgIpc) is 2.52. The molecule has 24 heavy (non-hydrogen) atoms. The van der Waals surface area contributed by atoms with Crippen molar-refractivity contribution >= 4 is 5.97 Å². The molecule has 3 aliphatic rings. The lowest BCUT2D eigenvalue weighted by molar-refractivity contribution is -0.188. The van der Waals surface area contributed by atoms with E-state index in [9.17, 15) is 4.79 Å². The standard InChI is InChI=1S/C19H25NO4/c1-19(2)14-9-12-10-20(11-17(21)22)8-7-15(12)23-18(14)13-5-3-4-6-16(13)24-19/h3-6,12,14-15,18H,7-11H2,1-2H3,(H,21,22)/t12-,14+,15+,18-/m1/s1. The Morgan fingerprint density at radius 1 is 1.38 bits per heavy atom. The lowest BCUT2D eigenvalue weighted by Crippen LogP contribution is -2.55. The van der Waals surface area contributed by atoms with Gasteiger partial charge in [-0.15, -0.1) is 0 Å². The number of carboxylic acids is 1. The Hall–Kier alpha value is -1.59. The predicted molar refractivity (Wildman–Crippen MR) is 89.1 cm³/mol. The van der Waals surface area contributed by atoms with Crippen LogP contribution >= 0.6 is 0 Å². The molecule has 1 aromatic carbocycles. The highest BCUT2D eigenvalue weighted by molar-refractivity contribution is 5.69. The Labute approximate surface area is 142 Å². The molecule has 1 aromatic rings. The molecular formula is C19H25NO4. The van der Waals surface area contributed by atoms with Crippen LogP contribution in [0.15, 0.2) is 24.3 Å². The Balaban J connectivity index is 1.58. The van der Waals surface area contributed by atoms with E-state index in [1.165, 1.54) is 0 Å². The smallest absolute Gasteiger partial charge is 0.317 e. The Bertz CT molecular complexity index is 644. The molecule has 5 heteroatoms. The number of likely N-dealkylation sites (tertiary alicyclic amines) is 1. The monoisotopic (exact) mass is 331 g/mol. The van der Waals surface area contributed by atoms with Gasteiger partial charge in [-0.2, -0.15) is 0 Å². The minimum absolute atomic E-state index is 0.0808. The summed E-state index contributed by atoms with van der Waals surface area (Å²) in [4.78, 5) is 13.0. The van der Waals surface area contributed by atoms with Gasteiger partial charge >= 0.3 is 5.97 Å². The summed E-state index contributed by atoms with van der Waals surface area (Å²) in [5.74, 6) is 0.856. The van der Waals surface area contributed by atoms with E-state index in [1.54, 1.807) is 0 Å². The number of piperidine rings is 1. The minimum Gasteiger partial charge on any atom is -0.487 e. The minimum atomic E-state index is -0.752. The van der Waals surface area contributed by atoms with E-state index in [0.717, 1.165) is 37.2 Å². The fraction of sp³-hybridized carbons (Fsp3) is 0.632. The van der Waals surface area contributed by atoms with E-state index in [-0.39, 0.29) is 24.4 Å². The van der Waals surface area contributed by atoms with Gasteiger partial charge in [0.25, 0.3) is 0 Å². The molecule has 130 valence electrons. The quantitative estimate of drug-likeness (QED) is 0.903. The summed E-state index contributed by atoms with van der Waals surface area (Å²) in [5.41, 5.74) is 0.882. The number of hydrogen-bond acceptors (Lipinski definition) is 4. The van der Waals surface area contributed by atoms with Gasteiger partial charge in [-0.3, -0.25) is 9.69 Å². The first-order valence-electron chi connectivity index (χ1n) is 8.81. The average molecular weight is 331 g/mol. The highest BCUT2D eigenvalue weighted by atomic mass is 16.5. The summed E-state index contributed by atoms with van der Waals surface area (Å²) < 4.78 is 12.8.